The summed E-state index contributed by atoms with van der Waals surface area (Å²) in [6, 6.07) is 3.27. The number of carbonyl (C=O) groups excluding carboxylic acids is 1. The summed E-state index contributed by atoms with van der Waals surface area (Å²) in [6.07, 6.45) is 3.92. The molecule has 0 aliphatic carbocycles. The Bertz CT molecular complexity index is 728. The van der Waals surface area contributed by atoms with E-state index in [1.54, 1.807) is 36.7 Å². The van der Waals surface area contributed by atoms with Gasteiger partial charge < -0.3 is 18.9 Å². The Kier molecular flexibility index (Phi) is 4.98. The van der Waals surface area contributed by atoms with E-state index in [-0.39, 0.29) is 24.2 Å². The molecule has 1 aliphatic heterocycles. The standard InChI is InChI=1S/C17H23N5O3/c1-11(2)25-12-5-6-14(18-8-12)17(23)22-9-13(24-4)7-15(22)16-20-19-10-21(16)3/h5-6,8,10-11,13,15H,7,9H2,1-4H3/t13-,15+/m1/s1. The zero-order valence-electron chi connectivity index (χ0n) is 14.9. The van der Waals surface area contributed by atoms with Gasteiger partial charge >= 0.3 is 0 Å². The summed E-state index contributed by atoms with van der Waals surface area (Å²) >= 11 is 0. The minimum atomic E-state index is -0.182. The van der Waals surface area contributed by atoms with E-state index in [4.69, 9.17) is 9.47 Å². The van der Waals surface area contributed by atoms with Crippen molar-refractivity contribution in [2.24, 2.45) is 7.05 Å². The number of hydrogen-bond acceptors (Lipinski definition) is 6. The minimum Gasteiger partial charge on any atom is -0.489 e. The smallest absolute Gasteiger partial charge is 0.273 e. The highest BCUT2D eigenvalue weighted by Gasteiger charge is 2.39. The third kappa shape index (κ3) is 3.63. The predicted molar refractivity (Wildman–Crippen MR) is 90.2 cm³/mol. The van der Waals surface area contributed by atoms with Crippen LogP contribution in [0.4, 0.5) is 0 Å². The molecule has 3 heterocycles. The molecule has 0 N–H and O–H groups in total. The second kappa shape index (κ2) is 7.18. The number of rotatable bonds is 5. The number of aromatic nitrogens is 4. The fourth-order valence-corrected chi connectivity index (χ4v) is 3.03. The van der Waals surface area contributed by atoms with Gasteiger partial charge in [0.2, 0.25) is 0 Å². The van der Waals surface area contributed by atoms with Crippen molar-refractivity contribution in [2.75, 3.05) is 13.7 Å². The number of ether oxygens (including phenoxy) is 2. The lowest BCUT2D eigenvalue weighted by Crippen LogP contribution is -2.33. The van der Waals surface area contributed by atoms with Crippen molar-refractivity contribution in [1.29, 1.82) is 0 Å². The minimum absolute atomic E-state index is 0.0332. The Balaban J connectivity index is 1.82. The van der Waals surface area contributed by atoms with Crippen LogP contribution in [0.5, 0.6) is 5.75 Å². The molecule has 1 aliphatic rings. The van der Waals surface area contributed by atoms with Gasteiger partial charge in [-0.25, -0.2) is 4.98 Å². The molecule has 1 saturated heterocycles. The largest absolute Gasteiger partial charge is 0.489 e. The molecular formula is C17H23N5O3. The molecule has 1 fully saturated rings. The van der Waals surface area contributed by atoms with Crippen LogP contribution in [0.3, 0.4) is 0 Å². The van der Waals surface area contributed by atoms with E-state index in [9.17, 15) is 4.79 Å². The molecule has 25 heavy (non-hydrogen) atoms. The van der Waals surface area contributed by atoms with Crippen LogP contribution in [0.15, 0.2) is 24.7 Å². The highest BCUT2D eigenvalue weighted by molar-refractivity contribution is 5.92. The summed E-state index contributed by atoms with van der Waals surface area (Å²) in [5, 5.41) is 8.09. The van der Waals surface area contributed by atoms with Gasteiger partial charge in [-0.3, -0.25) is 4.79 Å². The van der Waals surface area contributed by atoms with Gasteiger partial charge in [-0.1, -0.05) is 0 Å². The van der Waals surface area contributed by atoms with E-state index < -0.39 is 0 Å². The number of carbonyl (C=O) groups is 1. The molecule has 0 spiro atoms. The van der Waals surface area contributed by atoms with Crippen molar-refractivity contribution >= 4 is 5.91 Å². The number of methoxy groups -OCH3 is 1. The van der Waals surface area contributed by atoms with Crippen molar-refractivity contribution < 1.29 is 14.3 Å². The van der Waals surface area contributed by atoms with Gasteiger partial charge in [0.15, 0.2) is 5.82 Å². The molecule has 0 saturated carbocycles. The van der Waals surface area contributed by atoms with Crippen LogP contribution in [-0.2, 0) is 11.8 Å². The first-order chi connectivity index (χ1) is 12.0. The van der Waals surface area contributed by atoms with Crippen LogP contribution < -0.4 is 4.74 Å². The van der Waals surface area contributed by atoms with Gasteiger partial charge in [0.25, 0.3) is 5.91 Å². The second-order valence-corrected chi connectivity index (χ2v) is 6.41. The van der Waals surface area contributed by atoms with Crippen LogP contribution in [0.25, 0.3) is 0 Å². The lowest BCUT2D eigenvalue weighted by atomic mass is 10.2. The van der Waals surface area contributed by atoms with Crippen LogP contribution in [0.1, 0.15) is 42.6 Å². The highest BCUT2D eigenvalue weighted by atomic mass is 16.5. The third-order valence-corrected chi connectivity index (χ3v) is 4.23. The molecule has 2 aromatic rings. The summed E-state index contributed by atoms with van der Waals surface area (Å²) in [4.78, 5) is 19.0. The average Bonchev–Trinajstić information content (AvgIpc) is 3.20. The Labute approximate surface area is 146 Å². The Hall–Kier alpha value is -2.48. The van der Waals surface area contributed by atoms with E-state index in [1.807, 2.05) is 25.5 Å². The van der Waals surface area contributed by atoms with Gasteiger partial charge in [0.1, 0.15) is 17.8 Å². The molecule has 2 aromatic heterocycles. The number of amides is 1. The first kappa shape index (κ1) is 17.3. The SMILES string of the molecule is CO[C@@H]1C[C@@H](c2nncn2C)N(C(=O)c2ccc(OC(C)C)cn2)C1. The Morgan fingerprint density at radius 3 is 2.72 bits per heavy atom. The normalized spacial score (nSPS) is 20.3. The van der Waals surface area contributed by atoms with E-state index in [0.29, 0.717) is 24.4 Å². The first-order valence-corrected chi connectivity index (χ1v) is 8.30. The Morgan fingerprint density at radius 2 is 2.16 bits per heavy atom. The molecule has 0 unspecified atom stereocenters. The topological polar surface area (TPSA) is 82.4 Å². The van der Waals surface area contributed by atoms with Crippen molar-refractivity contribution in [2.45, 2.75) is 38.5 Å². The van der Waals surface area contributed by atoms with E-state index in [2.05, 4.69) is 15.2 Å². The van der Waals surface area contributed by atoms with Gasteiger partial charge in [-0.2, -0.15) is 0 Å². The molecule has 3 rings (SSSR count). The second-order valence-electron chi connectivity index (χ2n) is 6.41. The van der Waals surface area contributed by atoms with Gasteiger partial charge in [-0.15, -0.1) is 10.2 Å². The number of pyridine rings is 1. The number of nitrogens with zero attached hydrogens (tertiary/aromatic N) is 5. The maximum absolute atomic E-state index is 13.0. The summed E-state index contributed by atoms with van der Waals surface area (Å²) in [5.74, 6) is 1.24. The van der Waals surface area contributed by atoms with Crippen molar-refractivity contribution in [3.05, 3.63) is 36.2 Å². The van der Waals surface area contributed by atoms with Crippen LogP contribution in [0.2, 0.25) is 0 Å². The quantitative estimate of drug-likeness (QED) is 0.819. The monoisotopic (exact) mass is 345 g/mol. The lowest BCUT2D eigenvalue weighted by molar-refractivity contribution is 0.0677. The molecule has 0 radical (unpaired) electrons. The highest BCUT2D eigenvalue weighted by Crippen LogP contribution is 2.33. The molecule has 8 heteroatoms. The van der Waals surface area contributed by atoms with Crippen LogP contribution in [-0.4, -0.2) is 56.4 Å². The molecule has 8 nitrogen and oxygen atoms in total. The van der Waals surface area contributed by atoms with Gasteiger partial charge in [0, 0.05) is 27.1 Å². The van der Waals surface area contributed by atoms with E-state index in [1.165, 1.54) is 0 Å². The number of aryl methyl sites for hydroxylation is 1. The molecule has 1 amide bonds. The van der Waals surface area contributed by atoms with Crippen molar-refractivity contribution in [3.63, 3.8) is 0 Å². The zero-order chi connectivity index (χ0) is 18.0. The molecule has 2 atom stereocenters. The average molecular weight is 345 g/mol. The number of hydrogen-bond donors (Lipinski definition) is 0. The maximum Gasteiger partial charge on any atom is 0.273 e. The molecule has 0 aromatic carbocycles. The maximum atomic E-state index is 13.0. The van der Waals surface area contributed by atoms with E-state index >= 15 is 0 Å². The first-order valence-electron chi connectivity index (χ1n) is 8.30. The summed E-state index contributed by atoms with van der Waals surface area (Å²) < 4.78 is 12.9. The zero-order valence-corrected chi connectivity index (χ0v) is 14.9. The van der Waals surface area contributed by atoms with Crippen LogP contribution >= 0.6 is 0 Å². The summed E-state index contributed by atoms with van der Waals surface area (Å²) in [7, 11) is 3.52. The van der Waals surface area contributed by atoms with Crippen molar-refractivity contribution in [3.8, 4) is 5.75 Å². The molecule has 0 bridgehead atoms. The van der Waals surface area contributed by atoms with Gasteiger partial charge in [0.05, 0.1) is 24.4 Å². The third-order valence-electron chi connectivity index (χ3n) is 4.23. The van der Waals surface area contributed by atoms with Crippen LogP contribution in [0, 0.1) is 0 Å². The Morgan fingerprint density at radius 1 is 1.36 bits per heavy atom. The summed E-state index contributed by atoms with van der Waals surface area (Å²) in [6.45, 7) is 4.39. The fourth-order valence-electron chi connectivity index (χ4n) is 3.03. The fraction of sp³-hybridized carbons (Fsp3) is 0.529. The number of likely N-dealkylation sites (tertiary alicyclic amines) is 1. The molecule has 134 valence electrons. The van der Waals surface area contributed by atoms with Gasteiger partial charge in [-0.05, 0) is 26.0 Å². The molecular weight excluding hydrogens is 322 g/mol. The van der Waals surface area contributed by atoms with E-state index in [0.717, 1.165) is 5.82 Å². The van der Waals surface area contributed by atoms with Crippen molar-refractivity contribution in [1.82, 2.24) is 24.6 Å². The summed E-state index contributed by atoms with van der Waals surface area (Å²) in [5.41, 5.74) is 0.375. The predicted octanol–water partition coefficient (Wildman–Crippen LogP) is 1.60. The lowest BCUT2D eigenvalue weighted by Gasteiger charge is -2.23.